The van der Waals surface area contributed by atoms with Gasteiger partial charge >= 0.3 is 6.09 Å². The van der Waals surface area contributed by atoms with Crippen molar-refractivity contribution in [2.24, 2.45) is 11.3 Å². The van der Waals surface area contributed by atoms with Crippen molar-refractivity contribution < 1.29 is 9.53 Å². The number of rotatable bonds is 1. The fraction of sp³-hybridized carbons (Fsp3) is 0.917. The predicted octanol–water partition coefficient (Wildman–Crippen LogP) is 2.90. The lowest BCUT2D eigenvalue weighted by molar-refractivity contribution is -0.0447. The molecular formula is C12H23NO2. The summed E-state index contributed by atoms with van der Waals surface area (Å²) in [6, 6.07) is 0. The summed E-state index contributed by atoms with van der Waals surface area (Å²) in [4.78, 5) is 13.4. The number of nitrogens with zero attached hydrogens (tertiary/aromatic N) is 1. The maximum Gasteiger partial charge on any atom is 0.410 e. The van der Waals surface area contributed by atoms with Crippen LogP contribution in [0, 0.1) is 11.3 Å². The van der Waals surface area contributed by atoms with E-state index in [2.05, 4.69) is 20.8 Å². The van der Waals surface area contributed by atoms with Crippen molar-refractivity contribution in [3.8, 4) is 0 Å². The molecule has 1 saturated heterocycles. The molecule has 0 N–H and O–H groups in total. The van der Waals surface area contributed by atoms with Gasteiger partial charge in [0, 0.05) is 18.5 Å². The first-order chi connectivity index (χ1) is 6.64. The topological polar surface area (TPSA) is 29.5 Å². The Kier molecular flexibility index (Phi) is 3.04. The SMILES string of the molecule is CC(C)C1(C)CN(C(=O)OC(C)(C)C)C1. The number of amides is 1. The van der Waals surface area contributed by atoms with Crippen LogP contribution in [0.15, 0.2) is 0 Å². The van der Waals surface area contributed by atoms with Gasteiger partial charge in [0.15, 0.2) is 0 Å². The zero-order valence-electron chi connectivity index (χ0n) is 10.8. The highest BCUT2D eigenvalue weighted by molar-refractivity contribution is 5.69. The Morgan fingerprint density at radius 1 is 1.33 bits per heavy atom. The van der Waals surface area contributed by atoms with Crippen LogP contribution in [0.3, 0.4) is 0 Å². The quantitative estimate of drug-likeness (QED) is 0.670. The van der Waals surface area contributed by atoms with Gasteiger partial charge in [-0.25, -0.2) is 4.79 Å². The predicted molar refractivity (Wildman–Crippen MR) is 60.8 cm³/mol. The molecule has 0 spiro atoms. The van der Waals surface area contributed by atoms with Crippen molar-refractivity contribution in [2.75, 3.05) is 13.1 Å². The molecule has 1 fully saturated rings. The molecular weight excluding hydrogens is 190 g/mol. The third-order valence-corrected chi connectivity index (χ3v) is 3.15. The molecule has 88 valence electrons. The number of ether oxygens (including phenoxy) is 1. The Balaban J connectivity index is 2.42. The van der Waals surface area contributed by atoms with Crippen molar-refractivity contribution in [3.63, 3.8) is 0 Å². The van der Waals surface area contributed by atoms with Gasteiger partial charge < -0.3 is 9.64 Å². The largest absolute Gasteiger partial charge is 0.444 e. The van der Waals surface area contributed by atoms with Gasteiger partial charge in [-0.2, -0.15) is 0 Å². The van der Waals surface area contributed by atoms with E-state index in [0.717, 1.165) is 13.1 Å². The van der Waals surface area contributed by atoms with Crippen LogP contribution >= 0.6 is 0 Å². The molecule has 0 radical (unpaired) electrons. The van der Waals surface area contributed by atoms with Crippen LogP contribution in [0.4, 0.5) is 4.79 Å². The molecule has 1 amide bonds. The minimum atomic E-state index is -0.388. The number of carbonyl (C=O) groups is 1. The molecule has 15 heavy (non-hydrogen) atoms. The molecule has 1 aliphatic heterocycles. The van der Waals surface area contributed by atoms with E-state index in [1.54, 1.807) is 4.90 Å². The lowest BCUT2D eigenvalue weighted by atomic mass is 9.73. The molecule has 0 aromatic carbocycles. The standard InChI is InChI=1S/C12H23NO2/c1-9(2)12(6)7-13(8-12)10(14)15-11(3,4)5/h9H,7-8H2,1-6H3. The number of carbonyl (C=O) groups excluding carboxylic acids is 1. The summed E-state index contributed by atoms with van der Waals surface area (Å²) in [5.41, 5.74) is -0.113. The Labute approximate surface area is 92.8 Å². The average molecular weight is 213 g/mol. The van der Waals surface area contributed by atoms with Crippen molar-refractivity contribution in [1.82, 2.24) is 4.90 Å². The Morgan fingerprint density at radius 2 is 1.80 bits per heavy atom. The van der Waals surface area contributed by atoms with Crippen LogP contribution in [0.25, 0.3) is 0 Å². The van der Waals surface area contributed by atoms with Gasteiger partial charge in [-0.05, 0) is 26.7 Å². The molecule has 3 nitrogen and oxygen atoms in total. The lowest BCUT2D eigenvalue weighted by Gasteiger charge is -2.50. The molecule has 1 aliphatic rings. The van der Waals surface area contributed by atoms with Crippen molar-refractivity contribution in [1.29, 1.82) is 0 Å². The summed E-state index contributed by atoms with van der Waals surface area (Å²) in [5.74, 6) is 0.608. The average Bonchev–Trinajstić information content (AvgIpc) is 1.94. The Hall–Kier alpha value is -0.730. The second-order valence-corrected chi connectivity index (χ2v) is 6.15. The van der Waals surface area contributed by atoms with E-state index in [9.17, 15) is 4.79 Å². The normalized spacial score (nSPS) is 20.1. The smallest absolute Gasteiger partial charge is 0.410 e. The third kappa shape index (κ3) is 2.86. The molecule has 1 rings (SSSR count). The van der Waals surface area contributed by atoms with Crippen LogP contribution in [-0.2, 0) is 4.74 Å². The maximum absolute atomic E-state index is 11.7. The fourth-order valence-corrected chi connectivity index (χ4v) is 1.65. The molecule has 0 aliphatic carbocycles. The van der Waals surface area contributed by atoms with Crippen LogP contribution < -0.4 is 0 Å². The fourth-order valence-electron chi connectivity index (χ4n) is 1.65. The van der Waals surface area contributed by atoms with E-state index in [1.807, 2.05) is 20.8 Å². The van der Waals surface area contributed by atoms with E-state index < -0.39 is 0 Å². The Morgan fingerprint density at radius 3 is 2.13 bits per heavy atom. The van der Waals surface area contributed by atoms with Crippen molar-refractivity contribution in [3.05, 3.63) is 0 Å². The van der Waals surface area contributed by atoms with Gasteiger partial charge in [0.2, 0.25) is 0 Å². The highest BCUT2D eigenvalue weighted by atomic mass is 16.6. The van der Waals surface area contributed by atoms with Crippen LogP contribution in [0.2, 0.25) is 0 Å². The summed E-state index contributed by atoms with van der Waals surface area (Å²) in [6.45, 7) is 13.9. The Bertz CT molecular complexity index is 247. The minimum absolute atomic E-state index is 0.180. The zero-order valence-corrected chi connectivity index (χ0v) is 10.8. The first kappa shape index (κ1) is 12.3. The van der Waals surface area contributed by atoms with Crippen molar-refractivity contribution >= 4 is 6.09 Å². The summed E-state index contributed by atoms with van der Waals surface area (Å²) in [7, 11) is 0. The summed E-state index contributed by atoms with van der Waals surface area (Å²) in [6.07, 6.45) is -0.180. The molecule has 0 aromatic heterocycles. The van der Waals surface area contributed by atoms with Crippen LogP contribution in [0.5, 0.6) is 0 Å². The molecule has 0 unspecified atom stereocenters. The second kappa shape index (κ2) is 3.69. The first-order valence-electron chi connectivity index (χ1n) is 5.62. The van der Waals surface area contributed by atoms with E-state index in [0.29, 0.717) is 5.92 Å². The van der Waals surface area contributed by atoms with E-state index in [1.165, 1.54) is 0 Å². The maximum atomic E-state index is 11.7. The van der Waals surface area contributed by atoms with E-state index in [-0.39, 0.29) is 17.1 Å². The lowest BCUT2D eigenvalue weighted by Crippen LogP contribution is -2.60. The van der Waals surface area contributed by atoms with Gasteiger partial charge in [0.1, 0.15) is 5.60 Å². The van der Waals surface area contributed by atoms with E-state index in [4.69, 9.17) is 4.74 Å². The van der Waals surface area contributed by atoms with Gasteiger partial charge in [-0.3, -0.25) is 0 Å². The zero-order chi connectivity index (χ0) is 11.9. The van der Waals surface area contributed by atoms with Crippen LogP contribution in [0.1, 0.15) is 41.5 Å². The minimum Gasteiger partial charge on any atom is -0.444 e. The van der Waals surface area contributed by atoms with Gasteiger partial charge in [-0.15, -0.1) is 0 Å². The monoisotopic (exact) mass is 213 g/mol. The number of hydrogen-bond donors (Lipinski definition) is 0. The highest BCUT2D eigenvalue weighted by Gasteiger charge is 2.44. The van der Waals surface area contributed by atoms with Gasteiger partial charge in [0.25, 0.3) is 0 Å². The number of hydrogen-bond acceptors (Lipinski definition) is 2. The molecule has 0 bridgehead atoms. The first-order valence-corrected chi connectivity index (χ1v) is 5.62. The van der Waals surface area contributed by atoms with Gasteiger partial charge in [-0.1, -0.05) is 20.8 Å². The molecule has 3 heteroatoms. The molecule has 1 heterocycles. The van der Waals surface area contributed by atoms with Gasteiger partial charge in [0.05, 0.1) is 0 Å². The molecule has 0 saturated carbocycles. The number of likely N-dealkylation sites (tertiary alicyclic amines) is 1. The summed E-state index contributed by atoms with van der Waals surface area (Å²) in [5, 5.41) is 0. The highest BCUT2D eigenvalue weighted by Crippen LogP contribution is 2.37. The second-order valence-electron chi connectivity index (χ2n) is 6.15. The van der Waals surface area contributed by atoms with Crippen molar-refractivity contribution in [2.45, 2.75) is 47.1 Å². The summed E-state index contributed by atoms with van der Waals surface area (Å²) < 4.78 is 5.30. The summed E-state index contributed by atoms with van der Waals surface area (Å²) >= 11 is 0. The molecule has 0 atom stereocenters. The van der Waals surface area contributed by atoms with Crippen LogP contribution in [-0.4, -0.2) is 29.7 Å². The molecule has 0 aromatic rings. The van der Waals surface area contributed by atoms with E-state index >= 15 is 0 Å². The third-order valence-electron chi connectivity index (χ3n) is 3.15.